The fourth-order valence-electron chi connectivity index (χ4n) is 9.27. The summed E-state index contributed by atoms with van der Waals surface area (Å²) in [4.78, 5) is 38.0. The number of allylic oxidation sites excluding steroid dienone is 24. The maximum absolute atomic E-state index is 12.9. The molecule has 470 valence electrons. The van der Waals surface area contributed by atoms with Crippen molar-refractivity contribution < 1.29 is 28.6 Å². The lowest BCUT2D eigenvalue weighted by atomic mass is 10.0. The van der Waals surface area contributed by atoms with Crippen molar-refractivity contribution in [3.63, 3.8) is 0 Å². The average Bonchev–Trinajstić information content (AvgIpc) is 3.49. The number of hydrogen-bond acceptors (Lipinski definition) is 6. The van der Waals surface area contributed by atoms with E-state index >= 15 is 0 Å². The summed E-state index contributed by atoms with van der Waals surface area (Å²) in [6.07, 6.45) is 101. The van der Waals surface area contributed by atoms with Crippen LogP contribution in [0.15, 0.2) is 146 Å². The molecule has 0 aromatic heterocycles. The summed E-state index contributed by atoms with van der Waals surface area (Å²) in [5, 5.41) is 0. The molecule has 0 saturated carbocycles. The Morgan fingerprint density at radius 1 is 0.253 bits per heavy atom. The summed E-state index contributed by atoms with van der Waals surface area (Å²) in [6, 6.07) is 0. The molecule has 0 saturated heterocycles. The minimum absolute atomic E-state index is 0.0829. The van der Waals surface area contributed by atoms with E-state index < -0.39 is 6.10 Å². The number of unbranched alkanes of at least 4 members (excludes halogenated alkanes) is 26. The van der Waals surface area contributed by atoms with Crippen LogP contribution in [-0.2, 0) is 28.6 Å². The molecule has 0 heterocycles. The molecule has 0 radical (unpaired) electrons. The van der Waals surface area contributed by atoms with E-state index in [4.69, 9.17) is 14.2 Å². The smallest absolute Gasteiger partial charge is 0.306 e. The van der Waals surface area contributed by atoms with Gasteiger partial charge in [0.1, 0.15) is 13.2 Å². The molecule has 0 aromatic carbocycles. The van der Waals surface area contributed by atoms with Crippen LogP contribution in [0.5, 0.6) is 0 Å². The molecule has 0 aromatic rings. The molecule has 0 spiro atoms. The van der Waals surface area contributed by atoms with Gasteiger partial charge in [-0.1, -0.05) is 308 Å². The molecule has 1 unspecified atom stereocenters. The van der Waals surface area contributed by atoms with Crippen LogP contribution in [-0.4, -0.2) is 37.2 Å². The van der Waals surface area contributed by atoms with Gasteiger partial charge in [0.15, 0.2) is 6.10 Å². The number of esters is 3. The molecule has 6 nitrogen and oxygen atoms in total. The zero-order valence-corrected chi connectivity index (χ0v) is 53.9. The van der Waals surface area contributed by atoms with E-state index in [9.17, 15) is 14.4 Å². The molecular formula is C77H126O6. The largest absolute Gasteiger partial charge is 0.462 e. The van der Waals surface area contributed by atoms with Crippen LogP contribution < -0.4 is 0 Å². The first kappa shape index (κ1) is 78.3. The molecule has 0 bridgehead atoms. The van der Waals surface area contributed by atoms with E-state index in [0.717, 1.165) is 141 Å². The number of hydrogen-bond donors (Lipinski definition) is 0. The SMILES string of the molecule is CC/C=C\C/C=C\C/C=C\C/C=C\C/C=C\C/C=C\CCCCCCCCCCCCCCC(=O)OCC(COC(=O)CCCCCCC)OC(=O)CCCCCCCCCCCC/C=C\C/C=C\C/C=C\C/C=C\C/C=C\C/C=C\CC. The van der Waals surface area contributed by atoms with Crippen LogP contribution in [0.3, 0.4) is 0 Å². The van der Waals surface area contributed by atoms with Gasteiger partial charge in [-0.05, 0) is 122 Å². The van der Waals surface area contributed by atoms with Crippen LogP contribution in [0.1, 0.15) is 303 Å². The van der Waals surface area contributed by atoms with Gasteiger partial charge < -0.3 is 14.2 Å². The first-order chi connectivity index (χ1) is 41.0. The Bertz CT molecular complexity index is 1800. The molecule has 0 fully saturated rings. The van der Waals surface area contributed by atoms with Gasteiger partial charge in [-0.25, -0.2) is 0 Å². The topological polar surface area (TPSA) is 78.9 Å². The normalized spacial score (nSPS) is 13.0. The minimum Gasteiger partial charge on any atom is -0.462 e. The maximum Gasteiger partial charge on any atom is 0.306 e. The minimum atomic E-state index is -0.783. The van der Waals surface area contributed by atoms with E-state index in [-0.39, 0.29) is 31.1 Å². The van der Waals surface area contributed by atoms with Crippen LogP contribution in [0.4, 0.5) is 0 Å². The molecule has 0 aliphatic rings. The van der Waals surface area contributed by atoms with Gasteiger partial charge in [-0.2, -0.15) is 0 Å². The van der Waals surface area contributed by atoms with Crippen molar-refractivity contribution in [2.75, 3.05) is 13.2 Å². The lowest BCUT2D eigenvalue weighted by Crippen LogP contribution is -2.30. The summed E-state index contributed by atoms with van der Waals surface area (Å²) in [6.45, 7) is 6.33. The van der Waals surface area contributed by atoms with Crippen LogP contribution in [0, 0.1) is 0 Å². The molecule has 0 N–H and O–H groups in total. The third-order valence-corrected chi connectivity index (χ3v) is 14.3. The Balaban J connectivity index is 4.05. The summed E-state index contributed by atoms with van der Waals surface area (Å²) >= 11 is 0. The van der Waals surface area contributed by atoms with E-state index in [0.29, 0.717) is 19.3 Å². The average molecular weight is 1150 g/mol. The van der Waals surface area contributed by atoms with E-state index in [1.165, 1.54) is 122 Å². The zero-order chi connectivity index (χ0) is 59.9. The van der Waals surface area contributed by atoms with E-state index in [1.54, 1.807) is 0 Å². The first-order valence-corrected chi connectivity index (χ1v) is 34.3. The Hall–Kier alpha value is -4.71. The lowest BCUT2D eigenvalue weighted by Gasteiger charge is -2.18. The van der Waals surface area contributed by atoms with Crippen molar-refractivity contribution in [2.24, 2.45) is 0 Å². The van der Waals surface area contributed by atoms with Crippen molar-refractivity contribution in [3.05, 3.63) is 146 Å². The second kappa shape index (κ2) is 69.8. The standard InChI is InChI=1S/C77H126O6/c1-4-7-10-13-15-17-19-21-23-25-27-29-31-33-35-37-38-40-41-43-45-47-49-51-53-55-57-59-61-64-67-70-76(79)82-73-74(72-81-75(78)69-66-63-12-9-6-3)83-77(80)71-68-65-62-60-58-56-54-52-50-48-46-44-42-39-36-34-32-30-28-26-24-22-20-18-16-14-11-8-5-2/h7-8,10-11,15-18,21-24,27-30,33-36,38,40,42,44,74H,4-6,9,12-14,19-20,25-26,31-32,37,39,41,43,45-73H2,1-3H3/b10-7-,11-8-,17-15-,18-16-,23-21-,24-22-,29-27-,30-28-,35-33-,36-34-,40-38-,44-42-. The van der Waals surface area contributed by atoms with Gasteiger partial charge >= 0.3 is 17.9 Å². The zero-order valence-electron chi connectivity index (χ0n) is 53.9. The maximum atomic E-state index is 12.9. The molecule has 0 aliphatic carbocycles. The quantitative estimate of drug-likeness (QED) is 0.0261. The monoisotopic (exact) mass is 1150 g/mol. The van der Waals surface area contributed by atoms with Crippen molar-refractivity contribution in [1.82, 2.24) is 0 Å². The molecule has 0 aliphatic heterocycles. The van der Waals surface area contributed by atoms with Crippen LogP contribution in [0.2, 0.25) is 0 Å². The predicted octanol–water partition coefficient (Wildman–Crippen LogP) is 23.9. The summed E-state index contributed by atoms with van der Waals surface area (Å²) in [5.41, 5.74) is 0. The molecule has 0 rings (SSSR count). The fourth-order valence-corrected chi connectivity index (χ4v) is 9.27. The van der Waals surface area contributed by atoms with Gasteiger partial charge in [0.05, 0.1) is 0 Å². The van der Waals surface area contributed by atoms with Gasteiger partial charge in [0.25, 0.3) is 0 Å². The number of rotatable bonds is 61. The second-order valence-electron chi connectivity index (χ2n) is 22.3. The fraction of sp³-hybridized carbons (Fsp3) is 0.649. The lowest BCUT2D eigenvalue weighted by molar-refractivity contribution is -0.167. The summed E-state index contributed by atoms with van der Waals surface area (Å²) in [7, 11) is 0. The first-order valence-electron chi connectivity index (χ1n) is 34.3. The highest BCUT2D eigenvalue weighted by Gasteiger charge is 2.19. The third kappa shape index (κ3) is 68.0. The van der Waals surface area contributed by atoms with Gasteiger partial charge in [-0.15, -0.1) is 0 Å². The highest BCUT2D eigenvalue weighted by atomic mass is 16.6. The van der Waals surface area contributed by atoms with Crippen molar-refractivity contribution in [2.45, 2.75) is 309 Å². The van der Waals surface area contributed by atoms with Gasteiger partial charge in [-0.3, -0.25) is 14.4 Å². The molecule has 0 amide bonds. The van der Waals surface area contributed by atoms with Gasteiger partial charge in [0.2, 0.25) is 0 Å². The number of carbonyl (C=O) groups excluding carboxylic acids is 3. The summed E-state index contributed by atoms with van der Waals surface area (Å²) < 4.78 is 16.8. The van der Waals surface area contributed by atoms with E-state index in [1.807, 2.05) is 0 Å². The number of carbonyl (C=O) groups is 3. The van der Waals surface area contributed by atoms with E-state index in [2.05, 4.69) is 167 Å². The van der Waals surface area contributed by atoms with Crippen LogP contribution >= 0.6 is 0 Å². The third-order valence-electron chi connectivity index (χ3n) is 14.3. The Morgan fingerprint density at radius 2 is 0.470 bits per heavy atom. The molecule has 6 heteroatoms. The van der Waals surface area contributed by atoms with Gasteiger partial charge in [0, 0.05) is 19.3 Å². The Morgan fingerprint density at radius 3 is 0.735 bits per heavy atom. The highest BCUT2D eigenvalue weighted by Crippen LogP contribution is 2.16. The second-order valence-corrected chi connectivity index (χ2v) is 22.3. The Labute approximate surface area is 512 Å². The predicted molar refractivity (Wildman–Crippen MR) is 362 cm³/mol. The van der Waals surface area contributed by atoms with Crippen molar-refractivity contribution in [1.29, 1.82) is 0 Å². The Kier molecular flexibility index (Phi) is 65.8. The molecular weight excluding hydrogens is 1020 g/mol. The molecule has 83 heavy (non-hydrogen) atoms. The van der Waals surface area contributed by atoms with Crippen molar-refractivity contribution >= 4 is 17.9 Å². The summed E-state index contributed by atoms with van der Waals surface area (Å²) in [5.74, 6) is -0.900. The highest BCUT2D eigenvalue weighted by molar-refractivity contribution is 5.71. The number of ether oxygens (including phenoxy) is 3. The van der Waals surface area contributed by atoms with Crippen LogP contribution in [0.25, 0.3) is 0 Å². The molecule has 1 atom stereocenters. The van der Waals surface area contributed by atoms with Crippen molar-refractivity contribution in [3.8, 4) is 0 Å².